The molecular formula is C13H17N3O2. The number of nitrogens with two attached hydrogens (primary N) is 1. The number of nitrogens with one attached hydrogen (secondary N) is 2. The number of methoxy groups -OCH3 is 1. The van der Waals surface area contributed by atoms with Crippen LogP contribution in [0.1, 0.15) is 16.1 Å². The number of hydrogen-bond donors (Lipinski definition) is 3. The number of rotatable bonds is 4. The van der Waals surface area contributed by atoms with E-state index in [1.54, 1.807) is 7.11 Å². The van der Waals surface area contributed by atoms with Crippen molar-refractivity contribution in [2.24, 2.45) is 5.73 Å². The summed E-state index contributed by atoms with van der Waals surface area (Å²) in [6, 6.07) is 5.60. The van der Waals surface area contributed by atoms with E-state index in [0.29, 0.717) is 18.7 Å². The first-order valence-electron chi connectivity index (χ1n) is 5.82. The van der Waals surface area contributed by atoms with Gasteiger partial charge in [-0.2, -0.15) is 0 Å². The van der Waals surface area contributed by atoms with Gasteiger partial charge in [0.2, 0.25) is 0 Å². The van der Waals surface area contributed by atoms with Crippen LogP contribution in [0.15, 0.2) is 18.2 Å². The fourth-order valence-corrected chi connectivity index (χ4v) is 2.00. The van der Waals surface area contributed by atoms with Crippen molar-refractivity contribution in [2.75, 3.05) is 20.2 Å². The van der Waals surface area contributed by atoms with E-state index in [1.807, 2.05) is 25.1 Å². The van der Waals surface area contributed by atoms with Crippen molar-refractivity contribution in [3.8, 4) is 5.75 Å². The fraction of sp³-hybridized carbons (Fsp3) is 0.308. The molecule has 0 aliphatic rings. The van der Waals surface area contributed by atoms with E-state index in [1.165, 1.54) is 0 Å². The molecule has 0 aliphatic carbocycles. The van der Waals surface area contributed by atoms with Crippen LogP contribution in [0.4, 0.5) is 0 Å². The Morgan fingerprint density at radius 1 is 1.50 bits per heavy atom. The van der Waals surface area contributed by atoms with Crippen LogP contribution < -0.4 is 15.8 Å². The predicted octanol–water partition coefficient (Wildman–Crippen LogP) is 1.17. The largest absolute Gasteiger partial charge is 0.497 e. The lowest BCUT2D eigenvalue weighted by atomic mass is 10.1. The quantitative estimate of drug-likeness (QED) is 0.758. The summed E-state index contributed by atoms with van der Waals surface area (Å²) in [7, 11) is 1.62. The molecule has 5 heteroatoms. The second-order valence-electron chi connectivity index (χ2n) is 4.08. The molecule has 4 N–H and O–H groups in total. The van der Waals surface area contributed by atoms with Crippen LogP contribution >= 0.6 is 0 Å². The molecule has 0 spiro atoms. The Morgan fingerprint density at radius 3 is 2.94 bits per heavy atom. The highest BCUT2D eigenvalue weighted by Crippen LogP contribution is 2.25. The molecule has 96 valence electrons. The van der Waals surface area contributed by atoms with E-state index in [-0.39, 0.29) is 5.91 Å². The molecule has 1 aromatic carbocycles. The van der Waals surface area contributed by atoms with E-state index < -0.39 is 0 Å². The van der Waals surface area contributed by atoms with Gasteiger partial charge in [-0.3, -0.25) is 4.79 Å². The van der Waals surface area contributed by atoms with Crippen LogP contribution in [0.3, 0.4) is 0 Å². The van der Waals surface area contributed by atoms with Crippen molar-refractivity contribution in [1.82, 2.24) is 10.3 Å². The van der Waals surface area contributed by atoms with Crippen LogP contribution in [-0.4, -0.2) is 31.1 Å². The lowest BCUT2D eigenvalue weighted by Gasteiger charge is -2.04. The Kier molecular flexibility index (Phi) is 3.53. The number of aromatic amines is 1. The average molecular weight is 247 g/mol. The molecule has 0 aliphatic heterocycles. The third-order valence-electron chi connectivity index (χ3n) is 2.85. The highest BCUT2D eigenvalue weighted by Gasteiger charge is 2.15. The van der Waals surface area contributed by atoms with Crippen LogP contribution in [0.5, 0.6) is 5.75 Å². The molecule has 0 saturated carbocycles. The number of hydrogen-bond acceptors (Lipinski definition) is 3. The van der Waals surface area contributed by atoms with Crippen molar-refractivity contribution >= 4 is 16.8 Å². The molecule has 0 saturated heterocycles. The van der Waals surface area contributed by atoms with Crippen LogP contribution in [0, 0.1) is 6.92 Å². The topological polar surface area (TPSA) is 80.1 Å². The maximum Gasteiger partial charge on any atom is 0.253 e. The van der Waals surface area contributed by atoms with Gasteiger partial charge in [-0.25, -0.2) is 0 Å². The second kappa shape index (κ2) is 5.10. The zero-order chi connectivity index (χ0) is 13.1. The lowest BCUT2D eigenvalue weighted by molar-refractivity contribution is 0.0956. The molecule has 0 unspecified atom stereocenters. The number of ether oxygens (including phenoxy) is 1. The number of benzene rings is 1. The first-order valence-corrected chi connectivity index (χ1v) is 5.82. The standard InChI is InChI=1S/C13H17N3O2/c1-8-12(13(17)15-6-5-14)10-4-3-9(18-2)7-11(10)16-8/h3-4,7,16H,5-6,14H2,1-2H3,(H,15,17). The number of H-pyrrole nitrogens is 1. The van der Waals surface area contributed by atoms with Gasteiger partial charge < -0.3 is 20.8 Å². The van der Waals surface area contributed by atoms with Gasteiger partial charge >= 0.3 is 0 Å². The van der Waals surface area contributed by atoms with Crippen LogP contribution in [0.2, 0.25) is 0 Å². The van der Waals surface area contributed by atoms with E-state index in [0.717, 1.165) is 22.3 Å². The first kappa shape index (κ1) is 12.4. The van der Waals surface area contributed by atoms with Crippen molar-refractivity contribution < 1.29 is 9.53 Å². The summed E-state index contributed by atoms with van der Waals surface area (Å²) in [4.78, 5) is 15.2. The van der Waals surface area contributed by atoms with Gasteiger partial charge in [-0.15, -0.1) is 0 Å². The van der Waals surface area contributed by atoms with Crippen molar-refractivity contribution in [1.29, 1.82) is 0 Å². The zero-order valence-electron chi connectivity index (χ0n) is 10.5. The third-order valence-corrected chi connectivity index (χ3v) is 2.85. The van der Waals surface area contributed by atoms with E-state index in [4.69, 9.17) is 10.5 Å². The first-order chi connectivity index (χ1) is 8.67. The Morgan fingerprint density at radius 2 is 2.28 bits per heavy atom. The Hall–Kier alpha value is -2.01. The molecule has 1 amide bonds. The molecule has 0 bridgehead atoms. The van der Waals surface area contributed by atoms with Crippen molar-refractivity contribution in [2.45, 2.75) is 6.92 Å². The molecule has 2 aromatic rings. The fourth-order valence-electron chi connectivity index (χ4n) is 2.00. The highest BCUT2D eigenvalue weighted by molar-refractivity contribution is 6.08. The summed E-state index contributed by atoms with van der Waals surface area (Å²) in [5.41, 5.74) is 7.78. The Labute approximate surface area is 105 Å². The van der Waals surface area contributed by atoms with Crippen molar-refractivity contribution in [3.05, 3.63) is 29.5 Å². The summed E-state index contributed by atoms with van der Waals surface area (Å²) >= 11 is 0. The minimum absolute atomic E-state index is 0.102. The summed E-state index contributed by atoms with van der Waals surface area (Å²) in [5.74, 6) is 0.659. The van der Waals surface area contributed by atoms with Gasteiger partial charge in [-0.05, 0) is 19.1 Å². The third kappa shape index (κ3) is 2.17. The maximum atomic E-state index is 12.0. The molecule has 1 heterocycles. The smallest absolute Gasteiger partial charge is 0.253 e. The van der Waals surface area contributed by atoms with Gasteiger partial charge in [0.15, 0.2) is 0 Å². The highest BCUT2D eigenvalue weighted by atomic mass is 16.5. The summed E-state index contributed by atoms with van der Waals surface area (Å²) in [6.45, 7) is 2.78. The van der Waals surface area contributed by atoms with E-state index in [2.05, 4.69) is 10.3 Å². The summed E-state index contributed by atoms with van der Waals surface area (Å²) in [6.07, 6.45) is 0. The normalized spacial score (nSPS) is 10.6. The number of aromatic nitrogens is 1. The SMILES string of the molecule is COc1ccc2c(C(=O)NCCN)c(C)[nH]c2c1. The number of amides is 1. The van der Waals surface area contributed by atoms with Crippen molar-refractivity contribution in [3.63, 3.8) is 0 Å². The molecular weight excluding hydrogens is 230 g/mol. The minimum Gasteiger partial charge on any atom is -0.497 e. The van der Waals surface area contributed by atoms with Gasteiger partial charge in [0.25, 0.3) is 5.91 Å². The molecule has 18 heavy (non-hydrogen) atoms. The van der Waals surface area contributed by atoms with Gasteiger partial charge in [-0.1, -0.05) is 0 Å². The molecule has 5 nitrogen and oxygen atoms in total. The van der Waals surface area contributed by atoms with Gasteiger partial charge in [0.1, 0.15) is 5.75 Å². The summed E-state index contributed by atoms with van der Waals surface area (Å²) < 4.78 is 5.16. The Balaban J connectivity index is 2.44. The second-order valence-corrected chi connectivity index (χ2v) is 4.08. The number of carbonyl (C=O) groups is 1. The summed E-state index contributed by atoms with van der Waals surface area (Å²) in [5, 5.41) is 3.67. The monoisotopic (exact) mass is 247 g/mol. The molecule has 0 radical (unpaired) electrons. The average Bonchev–Trinajstić information content (AvgIpc) is 2.70. The molecule has 2 rings (SSSR count). The number of fused-ring (bicyclic) bond motifs is 1. The zero-order valence-corrected chi connectivity index (χ0v) is 10.5. The number of carbonyl (C=O) groups excluding carboxylic acids is 1. The maximum absolute atomic E-state index is 12.0. The van der Waals surface area contributed by atoms with Gasteiger partial charge in [0.05, 0.1) is 18.2 Å². The molecule has 0 fully saturated rings. The van der Waals surface area contributed by atoms with Crippen LogP contribution in [0.25, 0.3) is 10.9 Å². The lowest BCUT2D eigenvalue weighted by Crippen LogP contribution is -2.29. The van der Waals surface area contributed by atoms with E-state index in [9.17, 15) is 4.79 Å². The number of aryl methyl sites for hydroxylation is 1. The molecule has 0 atom stereocenters. The van der Waals surface area contributed by atoms with Crippen LogP contribution in [-0.2, 0) is 0 Å². The van der Waals surface area contributed by atoms with Gasteiger partial charge in [0, 0.05) is 30.2 Å². The van der Waals surface area contributed by atoms with E-state index >= 15 is 0 Å². The predicted molar refractivity (Wildman–Crippen MR) is 71.0 cm³/mol. The molecule has 1 aromatic heterocycles. The Bertz CT molecular complexity index is 575. The minimum atomic E-state index is -0.102.